The van der Waals surface area contributed by atoms with Gasteiger partial charge in [0, 0.05) is 12.1 Å². The number of thiazole rings is 1. The molecule has 1 aromatic heterocycles. The van der Waals surface area contributed by atoms with E-state index in [9.17, 15) is 14.0 Å². The fourth-order valence-corrected chi connectivity index (χ4v) is 3.44. The van der Waals surface area contributed by atoms with Crippen molar-refractivity contribution < 1.29 is 19.1 Å². The van der Waals surface area contributed by atoms with Crippen LogP contribution in [0.5, 0.6) is 0 Å². The lowest BCUT2D eigenvalue weighted by atomic mass is 10.2. The van der Waals surface area contributed by atoms with Crippen molar-refractivity contribution in [2.75, 3.05) is 6.54 Å². The fourth-order valence-electron chi connectivity index (χ4n) is 2.54. The second-order valence-electron chi connectivity index (χ2n) is 5.00. The monoisotopic (exact) mass is 320 g/mol. The van der Waals surface area contributed by atoms with Gasteiger partial charge in [0.05, 0.1) is 6.20 Å². The standard InChI is InChI=1S/C15H13FN2O3S/c16-10-5-2-1-4-9(10)13-17-8-12(22-13)14(19)18-7-3-6-11(18)15(20)21/h1-2,4-5,8,11H,3,6-7H2,(H,20,21). The molecular formula is C15H13FN2O3S. The second kappa shape index (κ2) is 5.84. The third-order valence-electron chi connectivity index (χ3n) is 3.62. The first-order valence-electron chi connectivity index (χ1n) is 6.82. The summed E-state index contributed by atoms with van der Waals surface area (Å²) in [6, 6.07) is 5.42. The summed E-state index contributed by atoms with van der Waals surface area (Å²) in [5, 5.41) is 9.55. The molecule has 3 rings (SSSR count). The van der Waals surface area contributed by atoms with E-state index < -0.39 is 17.8 Å². The number of aliphatic carboxylic acids is 1. The van der Waals surface area contributed by atoms with Crippen molar-refractivity contribution in [3.05, 3.63) is 41.2 Å². The number of hydrogen-bond acceptors (Lipinski definition) is 4. The number of hydrogen-bond donors (Lipinski definition) is 1. The smallest absolute Gasteiger partial charge is 0.326 e. The third kappa shape index (κ3) is 2.59. The lowest BCUT2D eigenvalue weighted by Crippen LogP contribution is -2.40. The average molecular weight is 320 g/mol. The molecule has 0 aliphatic carbocycles. The zero-order chi connectivity index (χ0) is 15.7. The first-order chi connectivity index (χ1) is 10.6. The van der Waals surface area contributed by atoms with Gasteiger partial charge in [-0.2, -0.15) is 0 Å². The molecule has 1 aliphatic heterocycles. The quantitative estimate of drug-likeness (QED) is 0.944. The van der Waals surface area contributed by atoms with Crippen molar-refractivity contribution in [3.8, 4) is 10.6 Å². The minimum atomic E-state index is -0.996. The molecule has 114 valence electrons. The van der Waals surface area contributed by atoms with Gasteiger partial charge in [-0.25, -0.2) is 14.2 Å². The highest BCUT2D eigenvalue weighted by atomic mass is 32.1. The summed E-state index contributed by atoms with van der Waals surface area (Å²) in [5.41, 5.74) is 0.336. The molecule has 1 saturated heterocycles. The molecular weight excluding hydrogens is 307 g/mol. The fraction of sp³-hybridized carbons (Fsp3) is 0.267. The van der Waals surface area contributed by atoms with Crippen LogP contribution in [0.1, 0.15) is 22.5 Å². The highest BCUT2D eigenvalue weighted by molar-refractivity contribution is 7.16. The highest BCUT2D eigenvalue weighted by Crippen LogP contribution is 2.29. The van der Waals surface area contributed by atoms with Gasteiger partial charge in [0.15, 0.2) is 0 Å². The Kier molecular flexibility index (Phi) is 3.89. The largest absolute Gasteiger partial charge is 0.480 e. The Morgan fingerprint density at radius 3 is 2.86 bits per heavy atom. The van der Waals surface area contributed by atoms with Crippen LogP contribution in [0.2, 0.25) is 0 Å². The SMILES string of the molecule is O=C(O)C1CCCN1C(=O)c1cnc(-c2ccccc2F)s1. The van der Waals surface area contributed by atoms with Crippen LogP contribution in [0.3, 0.4) is 0 Å². The molecule has 1 amide bonds. The summed E-state index contributed by atoms with van der Waals surface area (Å²) in [7, 11) is 0. The van der Waals surface area contributed by atoms with Gasteiger partial charge in [-0.1, -0.05) is 12.1 Å². The van der Waals surface area contributed by atoms with Crippen LogP contribution >= 0.6 is 11.3 Å². The summed E-state index contributed by atoms with van der Waals surface area (Å²) in [6.07, 6.45) is 2.51. The van der Waals surface area contributed by atoms with Crippen molar-refractivity contribution in [3.63, 3.8) is 0 Å². The van der Waals surface area contributed by atoms with Crippen molar-refractivity contribution in [1.82, 2.24) is 9.88 Å². The molecule has 1 aromatic carbocycles. The van der Waals surface area contributed by atoms with Crippen LogP contribution in [0, 0.1) is 5.82 Å². The van der Waals surface area contributed by atoms with Gasteiger partial charge >= 0.3 is 5.97 Å². The molecule has 0 radical (unpaired) electrons. The van der Waals surface area contributed by atoms with E-state index in [1.807, 2.05) is 0 Å². The molecule has 0 saturated carbocycles. The second-order valence-corrected chi connectivity index (χ2v) is 6.03. The number of carboxylic acid groups (broad SMARTS) is 1. The number of amides is 1. The maximum absolute atomic E-state index is 13.7. The Hall–Kier alpha value is -2.28. The van der Waals surface area contributed by atoms with Gasteiger partial charge in [0.25, 0.3) is 5.91 Å². The molecule has 1 aliphatic rings. The molecule has 2 heterocycles. The molecule has 0 bridgehead atoms. The average Bonchev–Trinajstić information content (AvgIpc) is 3.16. The number of carboxylic acids is 1. The number of benzene rings is 1. The Morgan fingerprint density at radius 2 is 2.14 bits per heavy atom. The van der Waals surface area contributed by atoms with E-state index in [0.29, 0.717) is 34.8 Å². The normalized spacial score (nSPS) is 17.7. The number of rotatable bonds is 3. The van der Waals surface area contributed by atoms with Gasteiger partial charge in [-0.3, -0.25) is 4.79 Å². The summed E-state index contributed by atoms with van der Waals surface area (Å²) >= 11 is 1.07. The zero-order valence-corrected chi connectivity index (χ0v) is 12.3. The Bertz CT molecular complexity index is 731. The summed E-state index contributed by atoms with van der Waals surface area (Å²) < 4.78 is 13.7. The van der Waals surface area contributed by atoms with E-state index >= 15 is 0 Å². The van der Waals surface area contributed by atoms with Crippen molar-refractivity contribution in [2.45, 2.75) is 18.9 Å². The molecule has 1 N–H and O–H groups in total. The highest BCUT2D eigenvalue weighted by Gasteiger charge is 2.35. The van der Waals surface area contributed by atoms with Crippen LogP contribution in [0.15, 0.2) is 30.5 Å². The van der Waals surface area contributed by atoms with Crippen molar-refractivity contribution in [1.29, 1.82) is 0 Å². The molecule has 2 aromatic rings. The van der Waals surface area contributed by atoms with Gasteiger partial charge in [0.1, 0.15) is 21.7 Å². The number of nitrogens with zero attached hydrogens (tertiary/aromatic N) is 2. The number of aromatic nitrogens is 1. The van der Waals surface area contributed by atoms with E-state index in [-0.39, 0.29) is 5.91 Å². The van der Waals surface area contributed by atoms with Crippen molar-refractivity contribution >= 4 is 23.2 Å². The predicted octanol–water partition coefficient (Wildman–Crippen LogP) is 2.64. The van der Waals surface area contributed by atoms with Gasteiger partial charge in [0.2, 0.25) is 0 Å². The summed E-state index contributed by atoms with van der Waals surface area (Å²) in [5.74, 6) is -1.75. The molecule has 5 nitrogen and oxygen atoms in total. The Balaban J connectivity index is 1.86. The summed E-state index contributed by atoms with van der Waals surface area (Å²) in [4.78, 5) is 29.4. The van der Waals surface area contributed by atoms with E-state index in [2.05, 4.69) is 4.98 Å². The van der Waals surface area contributed by atoms with Crippen molar-refractivity contribution in [2.24, 2.45) is 0 Å². The number of carbonyl (C=O) groups excluding carboxylic acids is 1. The van der Waals surface area contributed by atoms with Gasteiger partial charge < -0.3 is 10.0 Å². The Morgan fingerprint density at radius 1 is 1.36 bits per heavy atom. The van der Waals surface area contributed by atoms with Gasteiger partial charge in [-0.15, -0.1) is 11.3 Å². The van der Waals surface area contributed by atoms with Crippen LogP contribution in [0.25, 0.3) is 10.6 Å². The predicted molar refractivity (Wildman–Crippen MR) is 79.2 cm³/mol. The topological polar surface area (TPSA) is 70.5 Å². The molecule has 22 heavy (non-hydrogen) atoms. The van der Waals surface area contributed by atoms with Crippen LogP contribution in [-0.2, 0) is 4.79 Å². The molecule has 1 fully saturated rings. The van der Waals surface area contributed by atoms with Crippen LogP contribution < -0.4 is 0 Å². The number of halogens is 1. The van der Waals surface area contributed by atoms with E-state index in [0.717, 1.165) is 11.3 Å². The maximum atomic E-state index is 13.7. The van der Waals surface area contributed by atoms with Crippen LogP contribution in [-0.4, -0.2) is 39.5 Å². The lowest BCUT2D eigenvalue weighted by molar-refractivity contribution is -0.141. The third-order valence-corrected chi connectivity index (χ3v) is 4.64. The Labute approximate surface area is 130 Å². The first kappa shape index (κ1) is 14.6. The number of carbonyl (C=O) groups is 2. The van der Waals surface area contributed by atoms with Gasteiger partial charge in [-0.05, 0) is 25.0 Å². The van der Waals surface area contributed by atoms with E-state index in [4.69, 9.17) is 5.11 Å². The zero-order valence-electron chi connectivity index (χ0n) is 11.5. The minimum Gasteiger partial charge on any atom is -0.480 e. The van der Waals surface area contributed by atoms with Crippen LogP contribution in [0.4, 0.5) is 4.39 Å². The van der Waals surface area contributed by atoms with E-state index in [1.165, 1.54) is 17.2 Å². The lowest BCUT2D eigenvalue weighted by Gasteiger charge is -2.20. The number of likely N-dealkylation sites (tertiary alicyclic amines) is 1. The molecule has 7 heteroatoms. The molecule has 1 unspecified atom stereocenters. The molecule has 1 atom stereocenters. The van der Waals surface area contributed by atoms with E-state index in [1.54, 1.807) is 18.2 Å². The maximum Gasteiger partial charge on any atom is 0.326 e. The summed E-state index contributed by atoms with van der Waals surface area (Å²) in [6.45, 7) is 0.419. The molecule has 0 spiro atoms. The minimum absolute atomic E-state index is 0.325. The first-order valence-corrected chi connectivity index (χ1v) is 7.64.